The molecule has 0 radical (unpaired) electrons. The lowest BCUT2D eigenvalue weighted by molar-refractivity contribution is 0.415. The molecule has 0 aliphatic heterocycles. The second-order valence-electron chi connectivity index (χ2n) is 4.27. The molecule has 0 aliphatic rings. The van der Waals surface area contributed by atoms with Crippen LogP contribution in [0, 0.1) is 0 Å². The van der Waals surface area contributed by atoms with Gasteiger partial charge < -0.3 is 4.74 Å². The number of aromatic nitrogens is 1. The Bertz CT molecular complexity index is 783. The molecule has 106 valence electrons. The number of nitrogens with one attached hydrogen (secondary N) is 1. The number of thiazole rings is 1. The van der Waals surface area contributed by atoms with Crippen molar-refractivity contribution in [1.29, 1.82) is 0 Å². The van der Waals surface area contributed by atoms with Crippen molar-refractivity contribution < 1.29 is 4.74 Å². The molecule has 1 aromatic heterocycles. The summed E-state index contributed by atoms with van der Waals surface area (Å²) in [7, 11) is 1.66. The van der Waals surface area contributed by atoms with Crippen LogP contribution in [0.25, 0.3) is 10.2 Å². The molecule has 4 nitrogen and oxygen atoms in total. The fourth-order valence-electron chi connectivity index (χ4n) is 1.79. The maximum Gasteiger partial charge on any atom is 0.204 e. The SMILES string of the molecule is COc1ccc2nc(N/N=C/c3ccc(Br)cc3)sc2c1. The van der Waals surface area contributed by atoms with E-state index in [1.165, 1.54) is 0 Å². The molecule has 2 aromatic carbocycles. The summed E-state index contributed by atoms with van der Waals surface area (Å²) in [6.45, 7) is 0. The molecule has 0 bridgehead atoms. The number of rotatable bonds is 4. The molecule has 0 saturated heterocycles. The van der Waals surface area contributed by atoms with Crippen molar-refractivity contribution in [1.82, 2.24) is 4.98 Å². The maximum absolute atomic E-state index is 5.21. The Labute approximate surface area is 134 Å². The number of hydrazone groups is 1. The van der Waals surface area contributed by atoms with E-state index >= 15 is 0 Å². The van der Waals surface area contributed by atoms with Gasteiger partial charge in [-0.1, -0.05) is 39.4 Å². The highest BCUT2D eigenvalue weighted by Gasteiger charge is 2.03. The van der Waals surface area contributed by atoms with Crippen LogP contribution < -0.4 is 10.2 Å². The van der Waals surface area contributed by atoms with Gasteiger partial charge in [0.05, 0.1) is 23.5 Å². The standard InChI is InChI=1S/C15H12BrN3OS/c1-20-12-6-7-13-14(8-12)21-15(18-13)19-17-9-10-2-4-11(16)5-3-10/h2-9H,1H3,(H,18,19)/b17-9+. The van der Waals surface area contributed by atoms with Gasteiger partial charge in [0.25, 0.3) is 0 Å². The smallest absolute Gasteiger partial charge is 0.204 e. The van der Waals surface area contributed by atoms with Crippen LogP contribution in [-0.2, 0) is 0 Å². The van der Waals surface area contributed by atoms with E-state index in [2.05, 4.69) is 31.4 Å². The van der Waals surface area contributed by atoms with Crippen LogP contribution in [0.15, 0.2) is 52.0 Å². The molecule has 1 N–H and O–H groups in total. The lowest BCUT2D eigenvalue weighted by atomic mass is 10.2. The van der Waals surface area contributed by atoms with Crippen LogP contribution in [0.3, 0.4) is 0 Å². The van der Waals surface area contributed by atoms with Crippen LogP contribution in [0.2, 0.25) is 0 Å². The van der Waals surface area contributed by atoms with Gasteiger partial charge in [-0.05, 0) is 35.9 Å². The van der Waals surface area contributed by atoms with E-state index in [0.717, 1.165) is 31.1 Å². The van der Waals surface area contributed by atoms with Crippen molar-refractivity contribution in [3.63, 3.8) is 0 Å². The van der Waals surface area contributed by atoms with Crippen molar-refractivity contribution in [2.24, 2.45) is 5.10 Å². The molecule has 0 spiro atoms. The zero-order chi connectivity index (χ0) is 14.7. The summed E-state index contributed by atoms with van der Waals surface area (Å²) in [4.78, 5) is 4.46. The average molecular weight is 362 g/mol. The summed E-state index contributed by atoms with van der Waals surface area (Å²) >= 11 is 4.94. The molecule has 0 saturated carbocycles. The van der Waals surface area contributed by atoms with Gasteiger partial charge in [-0.25, -0.2) is 4.98 Å². The van der Waals surface area contributed by atoms with Gasteiger partial charge in [0.15, 0.2) is 0 Å². The molecule has 0 aliphatic carbocycles. The lowest BCUT2D eigenvalue weighted by Gasteiger charge is -1.96. The first-order valence-corrected chi connectivity index (χ1v) is 7.85. The van der Waals surface area contributed by atoms with Crippen LogP contribution in [0.1, 0.15) is 5.56 Å². The van der Waals surface area contributed by atoms with Crippen molar-refractivity contribution in [2.75, 3.05) is 12.5 Å². The van der Waals surface area contributed by atoms with Gasteiger partial charge in [-0.15, -0.1) is 0 Å². The summed E-state index contributed by atoms with van der Waals surface area (Å²) in [6.07, 6.45) is 1.76. The first kappa shape index (κ1) is 14.0. The van der Waals surface area contributed by atoms with Gasteiger partial charge in [0, 0.05) is 4.47 Å². The monoisotopic (exact) mass is 361 g/mol. The third kappa shape index (κ3) is 3.40. The normalized spacial score (nSPS) is 11.1. The fraction of sp³-hybridized carbons (Fsp3) is 0.0667. The van der Waals surface area contributed by atoms with E-state index in [4.69, 9.17) is 4.74 Å². The van der Waals surface area contributed by atoms with Crippen LogP contribution in [0.4, 0.5) is 5.13 Å². The Balaban J connectivity index is 1.74. The Kier molecular flexibility index (Phi) is 4.17. The largest absolute Gasteiger partial charge is 0.497 e. The minimum atomic E-state index is 0.756. The van der Waals surface area contributed by atoms with Crippen molar-refractivity contribution >= 4 is 48.8 Å². The van der Waals surface area contributed by atoms with Crippen molar-refractivity contribution in [3.05, 3.63) is 52.5 Å². The third-order valence-corrected chi connectivity index (χ3v) is 4.29. The van der Waals surface area contributed by atoms with E-state index in [9.17, 15) is 0 Å². The quantitative estimate of drug-likeness (QED) is 0.549. The molecule has 3 aromatic rings. The van der Waals surface area contributed by atoms with Gasteiger partial charge in [0.1, 0.15) is 5.75 Å². The van der Waals surface area contributed by atoms with E-state index in [-0.39, 0.29) is 0 Å². The van der Waals surface area contributed by atoms with Gasteiger partial charge >= 0.3 is 0 Å². The molecule has 1 heterocycles. The number of hydrogen-bond acceptors (Lipinski definition) is 5. The van der Waals surface area contributed by atoms with Gasteiger partial charge in [0.2, 0.25) is 5.13 Å². The van der Waals surface area contributed by atoms with Gasteiger partial charge in [-0.2, -0.15) is 5.10 Å². The zero-order valence-corrected chi connectivity index (χ0v) is 13.6. The molecule has 0 unspecified atom stereocenters. The summed E-state index contributed by atoms with van der Waals surface area (Å²) < 4.78 is 7.32. The Hall–Kier alpha value is -1.92. The average Bonchev–Trinajstić information content (AvgIpc) is 2.91. The van der Waals surface area contributed by atoms with E-state index in [0.29, 0.717) is 0 Å². The van der Waals surface area contributed by atoms with Crippen LogP contribution in [0.5, 0.6) is 5.75 Å². The minimum Gasteiger partial charge on any atom is -0.497 e. The molecular weight excluding hydrogens is 350 g/mol. The minimum absolute atomic E-state index is 0.756. The van der Waals surface area contributed by atoms with E-state index in [1.807, 2.05) is 42.5 Å². The van der Waals surface area contributed by atoms with Crippen LogP contribution >= 0.6 is 27.3 Å². The summed E-state index contributed by atoms with van der Waals surface area (Å²) in [5, 5.41) is 4.96. The highest BCUT2D eigenvalue weighted by atomic mass is 79.9. The molecule has 0 atom stereocenters. The van der Waals surface area contributed by atoms with Gasteiger partial charge in [-0.3, -0.25) is 5.43 Å². The molecule has 0 amide bonds. The maximum atomic E-state index is 5.21. The highest BCUT2D eigenvalue weighted by Crippen LogP contribution is 2.29. The fourth-order valence-corrected chi connectivity index (χ4v) is 2.90. The second kappa shape index (κ2) is 6.24. The summed E-state index contributed by atoms with van der Waals surface area (Å²) in [6, 6.07) is 13.7. The third-order valence-electron chi connectivity index (χ3n) is 2.84. The predicted molar refractivity (Wildman–Crippen MR) is 91.5 cm³/mol. The Morgan fingerprint density at radius 2 is 2.05 bits per heavy atom. The summed E-state index contributed by atoms with van der Waals surface area (Å²) in [5.41, 5.74) is 4.91. The number of hydrogen-bond donors (Lipinski definition) is 1. The molecule has 21 heavy (non-hydrogen) atoms. The van der Waals surface area contributed by atoms with E-state index in [1.54, 1.807) is 24.7 Å². The molecular formula is C15H12BrN3OS. The van der Waals surface area contributed by atoms with Crippen LogP contribution in [-0.4, -0.2) is 18.3 Å². The highest BCUT2D eigenvalue weighted by molar-refractivity contribution is 9.10. The molecule has 3 rings (SSSR count). The second-order valence-corrected chi connectivity index (χ2v) is 6.22. The zero-order valence-electron chi connectivity index (χ0n) is 11.2. The number of anilines is 1. The topological polar surface area (TPSA) is 46.5 Å². The number of fused-ring (bicyclic) bond motifs is 1. The Morgan fingerprint density at radius 1 is 1.24 bits per heavy atom. The first-order valence-electron chi connectivity index (χ1n) is 6.24. The first-order chi connectivity index (χ1) is 10.2. The number of benzene rings is 2. The van der Waals surface area contributed by atoms with E-state index < -0.39 is 0 Å². The predicted octanol–water partition coefficient (Wildman–Crippen LogP) is 4.51. The van der Waals surface area contributed by atoms with Crippen molar-refractivity contribution in [3.8, 4) is 5.75 Å². The number of ether oxygens (including phenoxy) is 1. The lowest BCUT2D eigenvalue weighted by Crippen LogP contribution is -1.89. The Morgan fingerprint density at radius 3 is 2.81 bits per heavy atom. The molecule has 6 heteroatoms. The number of nitrogens with zero attached hydrogens (tertiary/aromatic N) is 2. The number of halogens is 1. The summed E-state index contributed by atoms with van der Waals surface area (Å²) in [5.74, 6) is 0.830. The molecule has 0 fully saturated rings. The van der Waals surface area contributed by atoms with Crippen molar-refractivity contribution in [2.45, 2.75) is 0 Å². The number of methoxy groups -OCH3 is 1.